The van der Waals surface area contributed by atoms with Gasteiger partial charge in [0.1, 0.15) is 14.1 Å². The number of allylic oxidation sites excluding steroid dienone is 4. The predicted octanol–water partition coefficient (Wildman–Crippen LogP) is 3.36. The molecule has 0 aromatic rings. The van der Waals surface area contributed by atoms with Gasteiger partial charge in [-0.1, -0.05) is 65.6 Å². The lowest BCUT2D eigenvalue weighted by Gasteiger charge is -2.44. The van der Waals surface area contributed by atoms with E-state index in [1.807, 2.05) is 7.85 Å². The molecule has 1 aliphatic rings. The SMILES string of the molecule is BC1=CC(C(C)(C)C)C(C(C)(C)CC)C=C1C=O. The van der Waals surface area contributed by atoms with E-state index in [-0.39, 0.29) is 10.8 Å². The van der Waals surface area contributed by atoms with Crippen LogP contribution in [0.15, 0.2) is 23.2 Å². The van der Waals surface area contributed by atoms with Crippen LogP contribution in [0, 0.1) is 22.7 Å². The van der Waals surface area contributed by atoms with Crippen molar-refractivity contribution in [2.45, 2.75) is 48.0 Å². The van der Waals surface area contributed by atoms with Gasteiger partial charge in [0.25, 0.3) is 0 Å². The summed E-state index contributed by atoms with van der Waals surface area (Å²) >= 11 is 0. The van der Waals surface area contributed by atoms with E-state index in [9.17, 15) is 4.79 Å². The van der Waals surface area contributed by atoms with Crippen LogP contribution in [0.4, 0.5) is 0 Å². The normalized spacial score (nSPS) is 25.4. The van der Waals surface area contributed by atoms with E-state index in [1.54, 1.807) is 0 Å². The first-order chi connectivity index (χ1) is 8.13. The lowest BCUT2D eigenvalue weighted by molar-refractivity contribution is -0.104. The maximum Gasteiger partial charge on any atom is 0.149 e. The van der Waals surface area contributed by atoms with Gasteiger partial charge in [-0.3, -0.25) is 4.79 Å². The van der Waals surface area contributed by atoms with Gasteiger partial charge in [0.15, 0.2) is 0 Å². The molecule has 0 bridgehead atoms. The van der Waals surface area contributed by atoms with Gasteiger partial charge in [0.05, 0.1) is 0 Å². The number of carbonyl (C=O) groups excluding carboxylic acids is 1. The molecule has 0 saturated carbocycles. The Morgan fingerprint density at radius 2 is 1.72 bits per heavy atom. The number of rotatable bonds is 3. The van der Waals surface area contributed by atoms with Crippen LogP contribution in [0.5, 0.6) is 0 Å². The minimum absolute atomic E-state index is 0.225. The first-order valence-corrected chi connectivity index (χ1v) is 6.99. The summed E-state index contributed by atoms with van der Waals surface area (Å²) in [7, 11) is 2.05. The van der Waals surface area contributed by atoms with E-state index in [4.69, 9.17) is 0 Å². The Morgan fingerprint density at radius 1 is 1.17 bits per heavy atom. The van der Waals surface area contributed by atoms with Gasteiger partial charge >= 0.3 is 0 Å². The van der Waals surface area contributed by atoms with Crippen LogP contribution in [-0.4, -0.2) is 14.1 Å². The number of hydrogen-bond donors (Lipinski definition) is 0. The lowest BCUT2D eigenvalue weighted by Crippen LogP contribution is -2.37. The molecule has 0 fully saturated rings. The molecule has 0 aromatic carbocycles. The standard InChI is InChI=1S/C16H27BO/c1-7-16(5,6)13-8-11(10-18)14(17)9-12(13)15(2,3)4/h8-10,12-13H,7,17H2,1-6H3. The van der Waals surface area contributed by atoms with Crippen LogP contribution < -0.4 is 0 Å². The molecule has 1 rings (SSSR count). The zero-order chi connectivity index (χ0) is 14.1. The van der Waals surface area contributed by atoms with Gasteiger partial charge in [0.2, 0.25) is 0 Å². The third-order valence-electron chi connectivity index (χ3n) is 4.57. The summed E-state index contributed by atoms with van der Waals surface area (Å²) in [5, 5.41) is 0. The zero-order valence-corrected chi connectivity index (χ0v) is 13.0. The maximum absolute atomic E-state index is 11.2. The molecule has 0 heterocycles. The van der Waals surface area contributed by atoms with Crippen molar-refractivity contribution < 1.29 is 4.79 Å². The fourth-order valence-electron chi connectivity index (χ4n) is 2.77. The first kappa shape index (κ1) is 15.3. The van der Waals surface area contributed by atoms with E-state index >= 15 is 0 Å². The van der Waals surface area contributed by atoms with Crippen molar-refractivity contribution >= 4 is 14.1 Å². The second-order valence-electron chi connectivity index (χ2n) is 7.35. The van der Waals surface area contributed by atoms with Gasteiger partial charge in [-0.05, 0) is 22.7 Å². The first-order valence-electron chi connectivity index (χ1n) is 6.99. The summed E-state index contributed by atoms with van der Waals surface area (Å²) in [5.74, 6) is 0.933. The lowest BCUT2D eigenvalue weighted by atomic mass is 9.58. The van der Waals surface area contributed by atoms with Crippen molar-refractivity contribution in [3.8, 4) is 0 Å². The molecule has 1 aliphatic carbocycles. The summed E-state index contributed by atoms with van der Waals surface area (Å²) in [6, 6.07) is 0. The van der Waals surface area contributed by atoms with Crippen molar-refractivity contribution in [1.29, 1.82) is 0 Å². The maximum atomic E-state index is 11.2. The summed E-state index contributed by atoms with van der Waals surface area (Å²) < 4.78 is 0. The average molecular weight is 246 g/mol. The van der Waals surface area contributed by atoms with Gasteiger partial charge in [-0.2, -0.15) is 0 Å². The van der Waals surface area contributed by atoms with Gasteiger partial charge in [-0.15, -0.1) is 0 Å². The van der Waals surface area contributed by atoms with Crippen molar-refractivity contribution in [2.24, 2.45) is 22.7 Å². The van der Waals surface area contributed by atoms with Gasteiger partial charge < -0.3 is 0 Å². The van der Waals surface area contributed by atoms with E-state index in [2.05, 4.69) is 53.7 Å². The van der Waals surface area contributed by atoms with E-state index < -0.39 is 0 Å². The van der Waals surface area contributed by atoms with Crippen LogP contribution in [0.2, 0.25) is 0 Å². The monoisotopic (exact) mass is 246 g/mol. The molecule has 18 heavy (non-hydrogen) atoms. The molecule has 2 atom stereocenters. The smallest absolute Gasteiger partial charge is 0.149 e. The Bertz CT molecular complexity index is 382. The van der Waals surface area contributed by atoms with Gasteiger partial charge in [0, 0.05) is 5.57 Å². The molecular formula is C16H27BO. The molecule has 0 N–H and O–H groups in total. The van der Waals surface area contributed by atoms with Crippen molar-refractivity contribution in [1.82, 2.24) is 0 Å². The fourth-order valence-corrected chi connectivity index (χ4v) is 2.77. The molecule has 0 radical (unpaired) electrons. The highest BCUT2D eigenvalue weighted by molar-refractivity contribution is 6.27. The number of aldehydes is 1. The second kappa shape index (κ2) is 5.07. The van der Waals surface area contributed by atoms with E-state index in [0.29, 0.717) is 11.8 Å². The summed E-state index contributed by atoms with van der Waals surface area (Å²) in [6.45, 7) is 13.7. The highest BCUT2D eigenvalue weighted by Gasteiger charge is 2.39. The Balaban J connectivity index is 3.26. The fraction of sp³-hybridized carbons (Fsp3) is 0.688. The Labute approximate surface area is 113 Å². The molecule has 0 spiro atoms. The predicted molar refractivity (Wildman–Crippen MR) is 81.3 cm³/mol. The minimum atomic E-state index is 0.225. The molecule has 2 unspecified atom stereocenters. The van der Waals surface area contributed by atoms with Crippen LogP contribution >= 0.6 is 0 Å². The van der Waals surface area contributed by atoms with Crippen LogP contribution in [0.25, 0.3) is 0 Å². The molecule has 100 valence electrons. The Kier molecular flexibility index (Phi) is 4.30. The molecule has 1 nitrogen and oxygen atoms in total. The Hall–Kier alpha value is -0.785. The summed E-state index contributed by atoms with van der Waals surface area (Å²) in [6.07, 6.45) is 6.65. The molecule has 0 saturated heterocycles. The molecule has 2 heteroatoms. The third kappa shape index (κ3) is 2.96. The molecule has 0 amide bonds. The third-order valence-corrected chi connectivity index (χ3v) is 4.57. The largest absolute Gasteiger partial charge is 0.298 e. The second-order valence-corrected chi connectivity index (χ2v) is 7.35. The average Bonchev–Trinajstić information content (AvgIpc) is 2.27. The highest BCUT2D eigenvalue weighted by atomic mass is 16.1. The molecule has 0 aliphatic heterocycles. The van der Waals surface area contributed by atoms with Crippen molar-refractivity contribution in [3.05, 3.63) is 23.2 Å². The molecular weight excluding hydrogens is 219 g/mol. The quantitative estimate of drug-likeness (QED) is 0.551. The van der Waals surface area contributed by atoms with Gasteiger partial charge in [-0.25, -0.2) is 0 Å². The van der Waals surface area contributed by atoms with E-state index in [0.717, 1.165) is 23.8 Å². The summed E-state index contributed by atoms with van der Waals surface area (Å²) in [4.78, 5) is 11.2. The highest BCUT2D eigenvalue weighted by Crippen LogP contribution is 2.47. The zero-order valence-electron chi connectivity index (χ0n) is 13.0. The topological polar surface area (TPSA) is 17.1 Å². The Morgan fingerprint density at radius 3 is 2.11 bits per heavy atom. The summed E-state index contributed by atoms with van der Waals surface area (Å²) in [5.41, 5.74) is 2.46. The van der Waals surface area contributed by atoms with Crippen LogP contribution in [-0.2, 0) is 4.79 Å². The van der Waals surface area contributed by atoms with Crippen LogP contribution in [0.3, 0.4) is 0 Å². The number of hydrogen-bond acceptors (Lipinski definition) is 1. The molecule has 0 aromatic heterocycles. The minimum Gasteiger partial charge on any atom is -0.298 e. The van der Waals surface area contributed by atoms with E-state index in [1.165, 1.54) is 0 Å². The van der Waals surface area contributed by atoms with Crippen LogP contribution in [0.1, 0.15) is 48.0 Å². The van der Waals surface area contributed by atoms with Crippen molar-refractivity contribution in [3.63, 3.8) is 0 Å². The number of carbonyl (C=O) groups is 1. The van der Waals surface area contributed by atoms with Crippen molar-refractivity contribution in [2.75, 3.05) is 0 Å².